The first-order chi connectivity index (χ1) is 15.7. The Labute approximate surface area is 185 Å². The average molecular weight is 438 g/mol. The molecule has 8 nitrogen and oxygen atoms in total. The molecule has 0 radical (unpaired) electrons. The number of fused-ring (bicyclic) bond motifs is 1. The molecule has 168 valence electrons. The largest absolute Gasteiger partial charge is 0.371 e. The standard InChI is InChI=1S/C23H28FN7O/c24-16-9-13-30(14-10-16)18-7-5-17(6-8-18)26-21-20-19(15-25-29-22(20)32)27-23(28-21)31-11-3-1-2-4-12-31/h5-8,15-16H,1-4,9-14H2,(H,29,32)(H,26,27,28). The molecule has 0 unspecified atom stereocenters. The number of piperidine rings is 1. The fourth-order valence-corrected chi connectivity index (χ4v) is 4.49. The summed E-state index contributed by atoms with van der Waals surface area (Å²) >= 11 is 0. The van der Waals surface area contributed by atoms with Gasteiger partial charge in [-0.3, -0.25) is 4.79 Å². The lowest BCUT2D eigenvalue weighted by molar-refractivity contribution is 0.277. The van der Waals surface area contributed by atoms with Gasteiger partial charge in [0, 0.05) is 37.6 Å². The van der Waals surface area contributed by atoms with Gasteiger partial charge in [-0.2, -0.15) is 10.1 Å². The van der Waals surface area contributed by atoms with Crippen LogP contribution in [0.3, 0.4) is 0 Å². The number of H-pyrrole nitrogens is 1. The van der Waals surface area contributed by atoms with Crippen molar-refractivity contribution in [2.45, 2.75) is 44.7 Å². The Morgan fingerprint density at radius 1 is 0.938 bits per heavy atom. The van der Waals surface area contributed by atoms with E-state index in [1.54, 1.807) is 6.20 Å². The highest BCUT2D eigenvalue weighted by Crippen LogP contribution is 2.27. The predicted molar refractivity (Wildman–Crippen MR) is 125 cm³/mol. The van der Waals surface area contributed by atoms with Crippen molar-refractivity contribution in [2.24, 2.45) is 0 Å². The smallest absolute Gasteiger partial charge is 0.277 e. The Morgan fingerprint density at radius 2 is 1.66 bits per heavy atom. The Kier molecular flexibility index (Phi) is 5.87. The molecule has 0 saturated carbocycles. The van der Waals surface area contributed by atoms with Crippen molar-refractivity contribution in [3.63, 3.8) is 0 Å². The summed E-state index contributed by atoms with van der Waals surface area (Å²) in [7, 11) is 0. The molecule has 0 spiro atoms. The summed E-state index contributed by atoms with van der Waals surface area (Å²) in [4.78, 5) is 26.3. The maximum Gasteiger partial charge on any atom is 0.277 e. The maximum atomic E-state index is 13.4. The van der Waals surface area contributed by atoms with Gasteiger partial charge >= 0.3 is 0 Å². The molecular weight excluding hydrogens is 409 g/mol. The SMILES string of the molecule is O=c1[nH]ncc2nc(N3CCCCCC3)nc(Nc3ccc(N4CCC(F)CC4)cc3)c12. The van der Waals surface area contributed by atoms with Gasteiger partial charge in [0.2, 0.25) is 5.95 Å². The van der Waals surface area contributed by atoms with Crippen LogP contribution < -0.4 is 20.7 Å². The molecule has 2 aliphatic rings. The molecule has 2 N–H and O–H groups in total. The molecule has 3 aromatic rings. The van der Waals surface area contributed by atoms with E-state index in [1.807, 2.05) is 24.3 Å². The van der Waals surface area contributed by atoms with Crippen LogP contribution in [0.2, 0.25) is 0 Å². The number of aromatic nitrogens is 4. The van der Waals surface area contributed by atoms with E-state index in [4.69, 9.17) is 4.98 Å². The number of benzene rings is 1. The van der Waals surface area contributed by atoms with Crippen molar-refractivity contribution < 1.29 is 4.39 Å². The highest BCUT2D eigenvalue weighted by Gasteiger charge is 2.20. The topological polar surface area (TPSA) is 90.0 Å². The quantitative estimate of drug-likeness (QED) is 0.642. The lowest BCUT2D eigenvalue weighted by atomic mass is 10.1. The Bertz CT molecular complexity index is 1120. The van der Waals surface area contributed by atoms with Crippen LogP contribution in [0.1, 0.15) is 38.5 Å². The normalized spacial score (nSPS) is 18.0. The summed E-state index contributed by atoms with van der Waals surface area (Å²) in [6.07, 6.45) is 6.67. The number of rotatable bonds is 4. The molecule has 4 heterocycles. The van der Waals surface area contributed by atoms with Crippen LogP contribution in [0.5, 0.6) is 0 Å². The molecular formula is C23H28FN7O. The Hall–Kier alpha value is -3.23. The van der Waals surface area contributed by atoms with E-state index in [-0.39, 0.29) is 5.56 Å². The fraction of sp³-hybridized carbons (Fsp3) is 0.478. The van der Waals surface area contributed by atoms with Crippen molar-refractivity contribution in [1.29, 1.82) is 0 Å². The van der Waals surface area contributed by atoms with E-state index in [0.29, 0.717) is 35.5 Å². The lowest BCUT2D eigenvalue weighted by Crippen LogP contribution is -2.34. The number of halogens is 1. The molecule has 9 heteroatoms. The summed E-state index contributed by atoms with van der Waals surface area (Å²) in [5.74, 6) is 1.10. The summed E-state index contributed by atoms with van der Waals surface area (Å²) in [5.41, 5.74) is 2.10. The van der Waals surface area contributed by atoms with Gasteiger partial charge in [-0.05, 0) is 49.9 Å². The predicted octanol–water partition coefficient (Wildman–Crippen LogP) is 3.78. The number of anilines is 4. The highest BCUT2D eigenvalue weighted by atomic mass is 19.1. The summed E-state index contributed by atoms with van der Waals surface area (Å²) in [6.45, 7) is 3.27. The van der Waals surface area contributed by atoms with Crippen LogP contribution in [-0.4, -0.2) is 52.5 Å². The minimum Gasteiger partial charge on any atom is -0.371 e. The molecule has 0 amide bonds. The van der Waals surface area contributed by atoms with Gasteiger partial charge in [0.05, 0.1) is 6.20 Å². The minimum atomic E-state index is -0.691. The summed E-state index contributed by atoms with van der Waals surface area (Å²) in [6, 6.07) is 7.97. The molecule has 5 rings (SSSR count). The van der Waals surface area contributed by atoms with E-state index < -0.39 is 6.17 Å². The van der Waals surface area contributed by atoms with E-state index in [1.165, 1.54) is 12.8 Å². The number of alkyl halides is 1. The fourth-order valence-electron chi connectivity index (χ4n) is 4.49. The van der Waals surface area contributed by atoms with Gasteiger partial charge in [0.1, 0.15) is 22.9 Å². The van der Waals surface area contributed by atoms with E-state index in [2.05, 4.69) is 30.3 Å². The third kappa shape index (κ3) is 4.37. The van der Waals surface area contributed by atoms with Gasteiger partial charge in [-0.25, -0.2) is 14.5 Å². The third-order valence-corrected chi connectivity index (χ3v) is 6.31. The molecule has 2 aromatic heterocycles. The monoisotopic (exact) mass is 437 g/mol. The van der Waals surface area contributed by atoms with Crippen LogP contribution in [0.15, 0.2) is 35.3 Å². The van der Waals surface area contributed by atoms with Crippen LogP contribution in [-0.2, 0) is 0 Å². The van der Waals surface area contributed by atoms with Crippen molar-refractivity contribution in [3.8, 4) is 0 Å². The van der Waals surface area contributed by atoms with Gasteiger partial charge in [0.25, 0.3) is 5.56 Å². The van der Waals surface area contributed by atoms with Crippen LogP contribution >= 0.6 is 0 Å². The van der Waals surface area contributed by atoms with Gasteiger partial charge in [-0.1, -0.05) is 12.8 Å². The Balaban J connectivity index is 1.44. The van der Waals surface area contributed by atoms with Crippen molar-refractivity contribution in [2.75, 3.05) is 41.3 Å². The second-order valence-electron chi connectivity index (χ2n) is 8.57. The van der Waals surface area contributed by atoms with Crippen molar-refractivity contribution in [3.05, 3.63) is 40.8 Å². The zero-order chi connectivity index (χ0) is 21.9. The van der Waals surface area contributed by atoms with E-state index in [9.17, 15) is 9.18 Å². The molecule has 2 aliphatic heterocycles. The summed E-state index contributed by atoms with van der Waals surface area (Å²) in [5, 5.41) is 10.1. The molecule has 32 heavy (non-hydrogen) atoms. The van der Waals surface area contributed by atoms with Crippen LogP contribution in [0.25, 0.3) is 10.9 Å². The number of hydrogen-bond donors (Lipinski definition) is 2. The van der Waals surface area contributed by atoms with Gasteiger partial charge < -0.3 is 15.1 Å². The number of nitrogens with one attached hydrogen (secondary N) is 2. The van der Waals surface area contributed by atoms with Crippen LogP contribution in [0.4, 0.5) is 27.5 Å². The van der Waals surface area contributed by atoms with Gasteiger partial charge in [-0.15, -0.1) is 0 Å². The van der Waals surface area contributed by atoms with Crippen LogP contribution in [0, 0.1) is 0 Å². The van der Waals surface area contributed by atoms with E-state index in [0.717, 1.165) is 50.4 Å². The number of aromatic amines is 1. The zero-order valence-electron chi connectivity index (χ0n) is 18.1. The third-order valence-electron chi connectivity index (χ3n) is 6.31. The molecule has 0 aliphatic carbocycles. The first kappa shape index (κ1) is 20.7. The molecule has 1 aromatic carbocycles. The van der Waals surface area contributed by atoms with Gasteiger partial charge in [0.15, 0.2) is 0 Å². The Morgan fingerprint density at radius 3 is 2.38 bits per heavy atom. The minimum absolute atomic E-state index is 0.321. The highest BCUT2D eigenvalue weighted by molar-refractivity contribution is 5.90. The number of hydrogen-bond acceptors (Lipinski definition) is 7. The molecule has 0 bridgehead atoms. The second kappa shape index (κ2) is 9.10. The molecule has 0 atom stereocenters. The lowest BCUT2D eigenvalue weighted by Gasteiger charge is -2.30. The first-order valence-corrected chi connectivity index (χ1v) is 11.4. The zero-order valence-corrected chi connectivity index (χ0v) is 18.1. The number of nitrogens with zero attached hydrogens (tertiary/aromatic N) is 5. The maximum absolute atomic E-state index is 13.4. The molecule has 2 fully saturated rings. The van der Waals surface area contributed by atoms with E-state index >= 15 is 0 Å². The summed E-state index contributed by atoms with van der Waals surface area (Å²) < 4.78 is 13.4. The van der Waals surface area contributed by atoms with Crippen molar-refractivity contribution in [1.82, 2.24) is 20.2 Å². The molecule has 2 saturated heterocycles. The second-order valence-corrected chi connectivity index (χ2v) is 8.57. The van der Waals surface area contributed by atoms with Crippen molar-refractivity contribution >= 4 is 34.0 Å². The first-order valence-electron chi connectivity index (χ1n) is 11.4. The average Bonchev–Trinajstić information content (AvgIpc) is 3.10.